The number of ether oxygens (including phenoxy) is 1. The van der Waals surface area contributed by atoms with Gasteiger partial charge in [0.25, 0.3) is 5.91 Å². The lowest BCUT2D eigenvalue weighted by atomic mass is 9.89. The van der Waals surface area contributed by atoms with Gasteiger partial charge in [-0.2, -0.15) is 0 Å². The molecule has 1 spiro atoms. The van der Waals surface area contributed by atoms with Gasteiger partial charge in [-0.15, -0.1) is 11.3 Å². The van der Waals surface area contributed by atoms with Gasteiger partial charge in [0.2, 0.25) is 0 Å². The molecule has 29 heavy (non-hydrogen) atoms. The van der Waals surface area contributed by atoms with Gasteiger partial charge in [-0.05, 0) is 51.3 Å². The Bertz CT molecular complexity index is 625. The molecule has 0 aromatic carbocycles. The fourth-order valence-electron chi connectivity index (χ4n) is 4.54. The molecule has 0 aliphatic carbocycles. The summed E-state index contributed by atoms with van der Waals surface area (Å²) in [6, 6.07) is 3.99. The molecule has 1 aromatic rings. The number of hydrogen-bond acceptors (Lipinski definition) is 5. The number of rotatable bonds is 10. The van der Waals surface area contributed by atoms with Crippen LogP contribution in [0, 0.1) is 6.92 Å². The molecule has 2 aliphatic heterocycles. The number of aliphatic hydroxyl groups excluding tert-OH is 1. The third-order valence-electron chi connectivity index (χ3n) is 6.39. The first-order valence-electron chi connectivity index (χ1n) is 11.4. The summed E-state index contributed by atoms with van der Waals surface area (Å²) >= 11 is 1.59. The number of hydrogen-bond donors (Lipinski definition) is 1. The highest BCUT2D eigenvalue weighted by Crippen LogP contribution is 2.31. The number of piperidine rings is 1. The molecule has 3 heterocycles. The molecule has 0 radical (unpaired) electrons. The Hall–Kier alpha value is -0.950. The normalized spacial score (nSPS) is 19.7. The zero-order valence-corrected chi connectivity index (χ0v) is 18.9. The summed E-state index contributed by atoms with van der Waals surface area (Å²) in [5, 5.41) is 8.80. The highest BCUT2D eigenvalue weighted by molar-refractivity contribution is 7.13. The molecule has 1 aromatic heterocycles. The molecular formula is C23H38N2O3S. The zero-order valence-electron chi connectivity index (χ0n) is 18.0. The standard InChI is InChI=1S/C23H38N2O3S/c1-20-9-10-21(29-20)22(27)25-16-18-28-23(19-25)11-14-24(15-12-23)13-7-5-3-2-4-6-8-17-26/h9-10,26H,2-8,11-19H2,1H3. The van der Waals surface area contributed by atoms with Gasteiger partial charge in [-0.25, -0.2) is 0 Å². The SMILES string of the molecule is Cc1ccc(C(=O)N2CCOC3(CCN(CCCCCCCCCO)CC3)C2)s1. The number of thiophene rings is 1. The lowest BCUT2D eigenvalue weighted by Crippen LogP contribution is -2.58. The van der Waals surface area contributed by atoms with Crippen molar-refractivity contribution in [1.29, 1.82) is 0 Å². The van der Waals surface area contributed by atoms with Crippen LogP contribution in [0.1, 0.15) is 72.3 Å². The van der Waals surface area contributed by atoms with Crippen molar-refractivity contribution < 1.29 is 14.6 Å². The van der Waals surface area contributed by atoms with E-state index in [4.69, 9.17) is 9.84 Å². The second-order valence-corrected chi connectivity index (χ2v) is 10.00. The molecule has 0 bridgehead atoms. The van der Waals surface area contributed by atoms with Crippen molar-refractivity contribution in [3.05, 3.63) is 21.9 Å². The van der Waals surface area contributed by atoms with Crippen LogP contribution < -0.4 is 0 Å². The van der Waals surface area contributed by atoms with E-state index in [2.05, 4.69) is 11.8 Å². The summed E-state index contributed by atoms with van der Waals surface area (Å²) in [4.78, 5) is 19.5. The molecule has 0 atom stereocenters. The maximum atomic E-state index is 12.8. The van der Waals surface area contributed by atoms with E-state index in [0.717, 1.165) is 50.2 Å². The number of unbranched alkanes of at least 4 members (excludes halogenated alkanes) is 6. The minimum Gasteiger partial charge on any atom is -0.396 e. The summed E-state index contributed by atoms with van der Waals surface area (Å²) in [5.41, 5.74) is -0.135. The van der Waals surface area contributed by atoms with Crippen LogP contribution in [0.4, 0.5) is 0 Å². The number of amides is 1. The topological polar surface area (TPSA) is 53.0 Å². The molecule has 3 rings (SSSR count). The van der Waals surface area contributed by atoms with Crippen LogP contribution in [0.15, 0.2) is 12.1 Å². The van der Waals surface area contributed by atoms with Crippen molar-refractivity contribution in [3.63, 3.8) is 0 Å². The number of morpholine rings is 1. The minimum absolute atomic E-state index is 0.135. The first-order valence-corrected chi connectivity index (χ1v) is 12.3. The number of nitrogens with zero attached hydrogens (tertiary/aromatic N) is 2. The van der Waals surface area contributed by atoms with E-state index < -0.39 is 0 Å². The highest BCUT2D eigenvalue weighted by Gasteiger charge is 2.41. The lowest BCUT2D eigenvalue weighted by Gasteiger charge is -2.47. The first-order chi connectivity index (χ1) is 14.1. The first kappa shape index (κ1) is 22.7. The minimum atomic E-state index is -0.135. The Morgan fingerprint density at radius 2 is 1.76 bits per heavy atom. The van der Waals surface area contributed by atoms with E-state index in [9.17, 15) is 4.79 Å². The lowest BCUT2D eigenvalue weighted by molar-refractivity contribution is -0.127. The number of aryl methyl sites for hydroxylation is 1. The molecule has 6 heteroatoms. The fraction of sp³-hybridized carbons (Fsp3) is 0.783. The average Bonchev–Trinajstić information content (AvgIpc) is 3.17. The molecule has 164 valence electrons. The number of carbonyl (C=O) groups is 1. The predicted octanol–water partition coefficient (Wildman–Crippen LogP) is 4.09. The van der Waals surface area contributed by atoms with Gasteiger partial charge in [0.05, 0.1) is 23.6 Å². The second kappa shape index (κ2) is 11.4. The van der Waals surface area contributed by atoms with Gasteiger partial charge in [-0.1, -0.05) is 32.1 Å². The van der Waals surface area contributed by atoms with Crippen molar-refractivity contribution >= 4 is 17.2 Å². The Morgan fingerprint density at radius 1 is 1.07 bits per heavy atom. The summed E-state index contributed by atoms with van der Waals surface area (Å²) < 4.78 is 6.23. The van der Waals surface area contributed by atoms with Gasteiger partial charge in [0.1, 0.15) is 0 Å². The molecule has 0 unspecified atom stereocenters. The molecule has 2 aliphatic rings. The van der Waals surface area contributed by atoms with Crippen molar-refractivity contribution in [2.45, 2.75) is 70.3 Å². The zero-order chi connectivity index (χ0) is 20.5. The van der Waals surface area contributed by atoms with Crippen molar-refractivity contribution in [3.8, 4) is 0 Å². The predicted molar refractivity (Wildman–Crippen MR) is 119 cm³/mol. The third kappa shape index (κ3) is 6.78. The Labute approximate surface area is 180 Å². The van der Waals surface area contributed by atoms with E-state index in [0.29, 0.717) is 19.8 Å². The summed E-state index contributed by atoms with van der Waals surface area (Å²) in [7, 11) is 0. The van der Waals surface area contributed by atoms with Crippen molar-refractivity contribution in [2.24, 2.45) is 0 Å². The number of likely N-dealkylation sites (tertiary alicyclic amines) is 1. The molecular weight excluding hydrogens is 384 g/mol. The van der Waals surface area contributed by atoms with Crippen LogP contribution in [-0.2, 0) is 4.74 Å². The van der Waals surface area contributed by atoms with Crippen LogP contribution in [-0.4, -0.2) is 72.4 Å². The van der Waals surface area contributed by atoms with Crippen molar-refractivity contribution in [2.75, 3.05) is 45.9 Å². The third-order valence-corrected chi connectivity index (χ3v) is 7.38. The largest absolute Gasteiger partial charge is 0.396 e. The van der Waals surface area contributed by atoms with Crippen molar-refractivity contribution in [1.82, 2.24) is 9.80 Å². The fourth-order valence-corrected chi connectivity index (χ4v) is 5.38. The van der Waals surface area contributed by atoms with E-state index >= 15 is 0 Å². The number of carbonyl (C=O) groups excluding carboxylic acids is 1. The molecule has 5 nitrogen and oxygen atoms in total. The molecule has 2 fully saturated rings. The van der Waals surface area contributed by atoms with Gasteiger partial charge in [0, 0.05) is 31.1 Å². The summed E-state index contributed by atoms with van der Waals surface area (Å²) in [6.45, 7) is 7.84. The monoisotopic (exact) mass is 422 g/mol. The van der Waals surface area contributed by atoms with E-state index in [-0.39, 0.29) is 11.5 Å². The Morgan fingerprint density at radius 3 is 2.41 bits per heavy atom. The molecule has 1 N–H and O–H groups in total. The number of aliphatic hydroxyl groups is 1. The Balaban J connectivity index is 1.35. The average molecular weight is 423 g/mol. The maximum Gasteiger partial charge on any atom is 0.264 e. The molecule has 2 saturated heterocycles. The van der Waals surface area contributed by atoms with Gasteiger partial charge in [-0.3, -0.25) is 4.79 Å². The van der Waals surface area contributed by atoms with Crippen LogP contribution in [0.3, 0.4) is 0 Å². The highest BCUT2D eigenvalue weighted by atomic mass is 32.1. The van der Waals surface area contributed by atoms with Crippen LogP contribution in [0.2, 0.25) is 0 Å². The summed E-state index contributed by atoms with van der Waals surface area (Å²) in [6.07, 6.45) is 10.6. The van der Waals surface area contributed by atoms with Crippen LogP contribution in [0.5, 0.6) is 0 Å². The molecule has 1 amide bonds. The van der Waals surface area contributed by atoms with E-state index in [1.165, 1.54) is 43.5 Å². The van der Waals surface area contributed by atoms with E-state index in [1.54, 1.807) is 11.3 Å². The quantitative estimate of drug-likeness (QED) is 0.577. The second-order valence-electron chi connectivity index (χ2n) is 8.71. The smallest absolute Gasteiger partial charge is 0.264 e. The van der Waals surface area contributed by atoms with Gasteiger partial charge >= 0.3 is 0 Å². The van der Waals surface area contributed by atoms with Gasteiger partial charge in [0.15, 0.2) is 0 Å². The van der Waals surface area contributed by atoms with E-state index in [1.807, 2.05) is 17.0 Å². The maximum absolute atomic E-state index is 12.8. The molecule has 0 saturated carbocycles. The Kier molecular flexibility index (Phi) is 8.97. The summed E-state index contributed by atoms with van der Waals surface area (Å²) in [5.74, 6) is 0.173. The van der Waals surface area contributed by atoms with Crippen LogP contribution >= 0.6 is 11.3 Å². The van der Waals surface area contributed by atoms with Gasteiger partial charge < -0.3 is 19.6 Å². The van der Waals surface area contributed by atoms with Crippen LogP contribution in [0.25, 0.3) is 0 Å².